The van der Waals surface area contributed by atoms with Crippen LogP contribution in [0.5, 0.6) is 0 Å². The molecule has 0 unspecified atom stereocenters. The smallest absolute Gasteiger partial charge is 0.272 e. The second kappa shape index (κ2) is 11.1. The topological polar surface area (TPSA) is 120 Å². The highest BCUT2D eigenvalue weighted by molar-refractivity contribution is 7.88. The Morgan fingerprint density at radius 3 is 2.43 bits per heavy atom. The number of carbonyl (C=O) groups is 1. The molecule has 0 atom stereocenters. The number of hydrogen-bond acceptors (Lipinski definition) is 8. The molecule has 0 bridgehead atoms. The second-order valence-electron chi connectivity index (χ2n) is 9.08. The van der Waals surface area contributed by atoms with Gasteiger partial charge in [0, 0.05) is 56.3 Å². The van der Waals surface area contributed by atoms with E-state index in [0.29, 0.717) is 45.0 Å². The van der Waals surface area contributed by atoms with Crippen molar-refractivity contribution >= 4 is 15.9 Å². The standard InChI is InChI=1S/C25H30N6O5S/c1-37(33,34)30-14-12-29(13-15-30)25(32)22-18-20(6-9-23-35-16-3-17-36-23)27-24(28-22)19-4-7-21(8-5-19)31-11-2-10-26-31/h2,4-5,7-8,10-11,18,23H,3,6,9,12-17H2,1H3. The Morgan fingerprint density at radius 2 is 1.78 bits per heavy atom. The maximum atomic E-state index is 13.4. The average Bonchev–Trinajstić information content (AvgIpc) is 3.47. The van der Waals surface area contributed by atoms with Crippen LogP contribution in [0.25, 0.3) is 17.1 Å². The minimum Gasteiger partial charge on any atom is -0.353 e. The summed E-state index contributed by atoms with van der Waals surface area (Å²) in [5.74, 6) is 0.212. The summed E-state index contributed by atoms with van der Waals surface area (Å²) in [6.07, 6.45) is 6.54. The van der Waals surface area contributed by atoms with Crippen molar-refractivity contribution in [1.29, 1.82) is 0 Å². The fraction of sp³-hybridized carbons (Fsp3) is 0.440. The molecule has 1 aromatic carbocycles. The number of benzene rings is 1. The lowest BCUT2D eigenvalue weighted by molar-refractivity contribution is -0.180. The largest absolute Gasteiger partial charge is 0.353 e. The van der Waals surface area contributed by atoms with Crippen molar-refractivity contribution in [2.24, 2.45) is 0 Å². The number of ether oxygens (including phenoxy) is 2. The van der Waals surface area contributed by atoms with Crippen molar-refractivity contribution in [3.05, 3.63) is 60.2 Å². The lowest BCUT2D eigenvalue weighted by Gasteiger charge is -2.33. The van der Waals surface area contributed by atoms with Crippen LogP contribution in [-0.2, 0) is 25.9 Å². The SMILES string of the molecule is CS(=O)(=O)N1CCN(C(=O)c2cc(CCC3OCCCO3)nc(-c3ccc(-n4cccn4)cc3)n2)CC1. The molecule has 11 nitrogen and oxygen atoms in total. The predicted molar refractivity (Wildman–Crippen MR) is 136 cm³/mol. The highest BCUT2D eigenvalue weighted by atomic mass is 32.2. The van der Waals surface area contributed by atoms with Crippen LogP contribution in [0.2, 0.25) is 0 Å². The van der Waals surface area contributed by atoms with Gasteiger partial charge in [0.15, 0.2) is 12.1 Å². The Balaban J connectivity index is 1.39. The van der Waals surface area contributed by atoms with Crippen molar-refractivity contribution < 1.29 is 22.7 Å². The van der Waals surface area contributed by atoms with Gasteiger partial charge in [-0.05, 0) is 49.2 Å². The Bertz CT molecular complexity index is 1320. The van der Waals surface area contributed by atoms with E-state index in [1.807, 2.05) is 36.5 Å². The first-order valence-electron chi connectivity index (χ1n) is 12.3. The third-order valence-electron chi connectivity index (χ3n) is 6.42. The zero-order chi connectivity index (χ0) is 25.8. The molecular formula is C25H30N6O5S. The summed E-state index contributed by atoms with van der Waals surface area (Å²) in [6, 6.07) is 11.2. The fourth-order valence-electron chi connectivity index (χ4n) is 4.40. The van der Waals surface area contributed by atoms with E-state index in [-0.39, 0.29) is 31.0 Å². The van der Waals surface area contributed by atoms with Crippen molar-refractivity contribution in [1.82, 2.24) is 29.0 Å². The molecule has 3 aromatic rings. The highest BCUT2D eigenvalue weighted by Crippen LogP contribution is 2.21. The summed E-state index contributed by atoms with van der Waals surface area (Å²) in [6.45, 7) is 2.49. The lowest BCUT2D eigenvalue weighted by atomic mass is 10.1. The predicted octanol–water partition coefficient (Wildman–Crippen LogP) is 1.74. The molecule has 12 heteroatoms. The van der Waals surface area contributed by atoms with Gasteiger partial charge in [0.2, 0.25) is 10.0 Å². The van der Waals surface area contributed by atoms with Crippen molar-refractivity contribution in [2.75, 3.05) is 45.6 Å². The Morgan fingerprint density at radius 1 is 1.05 bits per heavy atom. The number of sulfonamides is 1. The maximum absolute atomic E-state index is 13.4. The van der Waals surface area contributed by atoms with Gasteiger partial charge < -0.3 is 14.4 Å². The molecular weight excluding hydrogens is 496 g/mol. The zero-order valence-electron chi connectivity index (χ0n) is 20.7. The summed E-state index contributed by atoms with van der Waals surface area (Å²) in [5.41, 5.74) is 2.68. The molecule has 4 heterocycles. The van der Waals surface area contributed by atoms with Crippen LogP contribution in [0, 0.1) is 0 Å². The molecule has 0 spiro atoms. The van der Waals surface area contributed by atoms with Crippen LogP contribution in [0.4, 0.5) is 0 Å². The summed E-state index contributed by atoms with van der Waals surface area (Å²) in [4.78, 5) is 24.4. The lowest BCUT2D eigenvalue weighted by Crippen LogP contribution is -2.50. The van der Waals surface area contributed by atoms with Gasteiger partial charge in [-0.15, -0.1) is 0 Å². The van der Waals surface area contributed by atoms with E-state index >= 15 is 0 Å². The van der Waals surface area contributed by atoms with Crippen LogP contribution in [0.1, 0.15) is 29.0 Å². The van der Waals surface area contributed by atoms with E-state index in [9.17, 15) is 13.2 Å². The van der Waals surface area contributed by atoms with Gasteiger partial charge in [-0.25, -0.2) is 23.1 Å². The van der Waals surface area contributed by atoms with Crippen LogP contribution in [0.15, 0.2) is 48.8 Å². The normalized spacial score (nSPS) is 17.7. The fourth-order valence-corrected chi connectivity index (χ4v) is 5.23. The van der Waals surface area contributed by atoms with Crippen LogP contribution in [-0.4, -0.2) is 95.2 Å². The Labute approximate surface area is 216 Å². The molecule has 2 aliphatic rings. The minimum absolute atomic E-state index is 0.239. The molecule has 1 amide bonds. The molecule has 2 aromatic heterocycles. The third-order valence-corrected chi connectivity index (χ3v) is 7.72. The Hall–Kier alpha value is -3.19. The van der Waals surface area contributed by atoms with Gasteiger partial charge in [0.1, 0.15) is 5.69 Å². The van der Waals surface area contributed by atoms with E-state index in [4.69, 9.17) is 14.5 Å². The van der Waals surface area contributed by atoms with Gasteiger partial charge >= 0.3 is 0 Å². The summed E-state index contributed by atoms with van der Waals surface area (Å²) in [5, 5.41) is 4.25. The van der Waals surface area contributed by atoms with E-state index in [2.05, 4.69) is 10.1 Å². The molecule has 37 heavy (non-hydrogen) atoms. The third kappa shape index (κ3) is 6.21. The van der Waals surface area contributed by atoms with Gasteiger partial charge in [-0.3, -0.25) is 4.79 Å². The monoisotopic (exact) mass is 526 g/mol. The first-order valence-corrected chi connectivity index (χ1v) is 14.2. The molecule has 196 valence electrons. The summed E-state index contributed by atoms with van der Waals surface area (Å²) in [7, 11) is -3.29. The molecule has 5 rings (SSSR count). The number of carbonyl (C=O) groups excluding carboxylic acids is 1. The zero-order valence-corrected chi connectivity index (χ0v) is 21.5. The number of rotatable bonds is 7. The Kier molecular flexibility index (Phi) is 7.60. The maximum Gasteiger partial charge on any atom is 0.272 e. The number of piperazine rings is 1. The highest BCUT2D eigenvalue weighted by Gasteiger charge is 2.28. The molecule has 0 aliphatic carbocycles. The molecule has 2 fully saturated rings. The van der Waals surface area contributed by atoms with Gasteiger partial charge in [-0.1, -0.05) is 0 Å². The molecule has 0 radical (unpaired) electrons. The first-order chi connectivity index (χ1) is 17.9. The second-order valence-corrected chi connectivity index (χ2v) is 11.1. The minimum atomic E-state index is -3.29. The number of nitrogens with zero attached hydrogens (tertiary/aromatic N) is 6. The average molecular weight is 527 g/mol. The van der Waals surface area contributed by atoms with Crippen molar-refractivity contribution in [3.8, 4) is 17.1 Å². The molecule has 2 aliphatic heterocycles. The van der Waals surface area contributed by atoms with Gasteiger partial charge in [-0.2, -0.15) is 9.40 Å². The van der Waals surface area contributed by atoms with Crippen molar-refractivity contribution in [2.45, 2.75) is 25.6 Å². The number of aryl methyl sites for hydroxylation is 1. The van der Waals surface area contributed by atoms with Crippen LogP contribution >= 0.6 is 0 Å². The van der Waals surface area contributed by atoms with Crippen LogP contribution in [0.3, 0.4) is 0 Å². The van der Waals surface area contributed by atoms with Gasteiger partial charge in [0.05, 0.1) is 25.2 Å². The molecule has 0 N–H and O–H groups in total. The quantitative estimate of drug-likeness (QED) is 0.457. The van der Waals surface area contributed by atoms with Crippen LogP contribution < -0.4 is 0 Å². The molecule has 2 saturated heterocycles. The molecule has 0 saturated carbocycles. The van der Waals surface area contributed by atoms with Crippen molar-refractivity contribution in [3.63, 3.8) is 0 Å². The number of aromatic nitrogens is 4. The first kappa shape index (κ1) is 25.5. The summed E-state index contributed by atoms with van der Waals surface area (Å²) < 4.78 is 38.2. The van der Waals surface area contributed by atoms with E-state index in [1.54, 1.807) is 21.8 Å². The summed E-state index contributed by atoms with van der Waals surface area (Å²) >= 11 is 0. The van der Waals surface area contributed by atoms with E-state index < -0.39 is 10.0 Å². The van der Waals surface area contributed by atoms with Gasteiger partial charge in [0.25, 0.3) is 5.91 Å². The van der Waals surface area contributed by atoms with E-state index in [0.717, 1.165) is 23.4 Å². The number of amides is 1. The van der Waals surface area contributed by atoms with E-state index in [1.165, 1.54) is 10.6 Å². The number of hydrogen-bond donors (Lipinski definition) is 0.